The van der Waals surface area contributed by atoms with Crippen LogP contribution in [0.2, 0.25) is 0 Å². The Balaban J connectivity index is 1.38. The van der Waals surface area contributed by atoms with E-state index in [1.165, 1.54) is 0 Å². The third-order valence-corrected chi connectivity index (χ3v) is 6.10. The number of hydrogen-bond acceptors (Lipinski definition) is 5. The van der Waals surface area contributed by atoms with E-state index in [0.29, 0.717) is 29.7 Å². The number of pyridine rings is 1. The average molecular weight is 359 g/mol. The van der Waals surface area contributed by atoms with Crippen molar-refractivity contribution in [1.82, 2.24) is 15.2 Å². The number of likely N-dealkylation sites (tertiary alicyclic amines) is 1. The molecule has 1 saturated heterocycles. The minimum atomic E-state index is -0.173. The van der Waals surface area contributed by atoms with Gasteiger partial charge < -0.3 is 20.1 Å². The van der Waals surface area contributed by atoms with Crippen LogP contribution in [0.4, 0.5) is 0 Å². The van der Waals surface area contributed by atoms with Crippen molar-refractivity contribution in [3.05, 3.63) is 23.9 Å². The minimum absolute atomic E-state index is 0.173. The SMILES string of the molecule is COc1ccc([C@H](NC2CCN(C(=O)C3CC3)CC2)C2CC(O)C2)cn1. The van der Waals surface area contributed by atoms with Gasteiger partial charge in [-0.15, -0.1) is 0 Å². The normalized spacial score (nSPS) is 27.7. The van der Waals surface area contributed by atoms with Crippen LogP contribution in [-0.2, 0) is 4.79 Å². The van der Waals surface area contributed by atoms with Crippen molar-refractivity contribution in [2.45, 2.75) is 56.7 Å². The molecule has 0 bridgehead atoms. The van der Waals surface area contributed by atoms with Gasteiger partial charge in [-0.3, -0.25) is 4.79 Å². The van der Waals surface area contributed by atoms with Crippen molar-refractivity contribution in [2.75, 3.05) is 20.2 Å². The van der Waals surface area contributed by atoms with Gasteiger partial charge in [0.2, 0.25) is 11.8 Å². The number of hydrogen-bond donors (Lipinski definition) is 2. The molecule has 3 aliphatic rings. The van der Waals surface area contributed by atoms with Crippen molar-refractivity contribution >= 4 is 5.91 Å². The number of carbonyl (C=O) groups excluding carboxylic acids is 1. The van der Waals surface area contributed by atoms with Crippen LogP contribution in [-0.4, -0.2) is 53.2 Å². The number of aliphatic hydroxyl groups excluding tert-OH is 1. The molecule has 0 radical (unpaired) electrons. The first-order valence-corrected chi connectivity index (χ1v) is 9.87. The van der Waals surface area contributed by atoms with Crippen molar-refractivity contribution < 1.29 is 14.6 Å². The molecule has 1 atom stereocenters. The van der Waals surface area contributed by atoms with Crippen LogP contribution in [0.25, 0.3) is 0 Å². The summed E-state index contributed by atoms with van der Waals surface area (Å²) < 4.78 is 5.17. The van der Waals surface area contributed by atoms with Gasteiger partial charge in [0.15, 0.2) is 0 Å². The molecule has 1 amide bonds. The lowest BCUT2D eigenvalue weighted by Crippen LogP contribution is -2.49. The predicted octanol–water partition coefficient (Wildman–Crippen LogP) is 1.89. The number of rotatable bonds is 6. The zero-order valence-electron chi connectivity index (χ0n) is 15.4. The molecule has 1 aliphatic heterocycles. The van der Waals surface area contributed by atoms with Crippen LogP contribution in [0.1, 0.15) is 50.1 Å². The summed E-state index contributed by atoms with van der Waals surface area (Å²) >= 11 is 0. The van der Waals surface area contributed by atoms with Gasteiger partial charge in [-0.2, -0.15) is 0 Å². The molecular weight excluding hydrogens is 330 g/mol. The summed E-state index contributed by atoms with van der Waals surface area (Å²) in [6, 6.07) is 4.58. The molecule has 2 heterocycles. The maximum Gasteiger partial charge on any atom is 0.225 e. The fraction of sp³-hybridized carbons (Fsp3) is 0.700. The monoisotopic (exact) mass is 359 g/mol. The van der Waals surface area contributed by atoms with Crippen molar-refractivity contribution in [3.8, 4) is 5.88 Å². The number of piperidine rings is 1. The quantitative estimate of drug-likeness (QED) is 0.811. The molecule has 3 fully saturated rings. The highest BCUT2D eigenvalue weighted by molar-refractivity contribution is 5.81. The van der Waals surface area contributed by atoms with E-state index in [9.17, 15) is 9.90 Å². The first-order chi connectivity index (χ1) is 12.6. The lowest BCUT2D eigenvalue weighted by atomic mass is 9.75. The largest absolute Gasteiger partial charge is 0.481 e. The summed E-state index contributed by atoms with van der Waals surface area (Å²) in [6.45, 7) is 1.71. The van der Waals surface area contributed by atoms with Crippen LogP contribution in [0.15, 0.2) is 18.3 Å². The summed E-state index contributed by atoms with van der Waals surface area (Å²) in [6.07, 6.45) is 7.52. The van der Waals surface area contributed by atoms with Gasteiger partial charge in [-0.1, -0.05) is 6.07 Å². The zero-order valence-corrected chi connectivity index (χ0v) is 15.4. The highest BCUT2D eigenvalue weighted by Gasteiger charge is 2.38. The van der Waals surface area contributed by atoms with E-state index >= 15 is 0 Å². The van der Waals surface area contributed by atoms with Gasteiger partial charge in [-0.25, -0.2) is 4.98 Å². The van der Waals surface area contributed by atoms with Crippen molar-refractivity contribution in [3.63, 3.8) is 0 Å². The molecular formula is C20H29N3O3. The molecule has 0 aromatic carbocycles. The standard InChI is InChI=1S/C20H29N3O3/c1-26-18-5-4-14(12-21-18)19(15-10-17(24)11-15)22-16-6-8-23(9-7-16)20(25)13-2-3-13/h4-5,12-13,15-17,19,22,24H,2-3,6-11H2,1H3/t15?,17?,19-/m0/s1. The van der Waals surface area contributed by atoms with Crippen LogP contribution in [0.3, 0.4) is 0 Å². The van der Waals surface area contributed by atoms with Crippen molar-refractivity contribution in [1.29, 1.82) is 0 Å². The molecule has 1 aromatic heterocycles. The number of nitrogens with one attached hydrogen (secondary N) is 1. The summed E-state index contributed by atoms with van der Waals surface area (Å²) in [5.41, 5.74) is 1.15. The number of aliphatic hydroxyl groups is 1. The van der Waals surface area contributed by atoms with Gasteiger partial charge >= 0.3 is 0 Å². The number of ether oxygens (including phenoxy) is 1. The molecule has 0 spiro atoms. The Morgan fingerprint density at radius 1 is 1.27 bits per heavy atom. The number of nitrogens with zero attached hydrogens (tertiary/aromatic N) is 2. The Bertz CT molecular complexity index is 618. The van der Waals surface area contributed by atoms with Gasteiger partial charge in [-0.05, 0) is 50.0 Å². The Hall–Kier alpha value is -1.66. The fourth-order valence-electron chi connectivity index (χ4n) is 4.21. The number of amides is 1. The molecule has 2 aliphatic carbocycles. The molecule has 6 heteroatoms. The highest BCUT2D eigenvalue weighted by Crippen LogP contribution is 2.39. The van der Waals surface area contributed by atoms with E-state index < -0.39 is 0 Å². The second-order valence-corrected chi connectivity index (χ2v) is 8.04. The molecule has 1 aromatic rings. The molecule has 142 valence electrons. The summed E-state index contributed by atoms with van der Waals surface area (Å²) in [5.74, 6) is 1.73. The topological polar surface area (TPSA) is 74.7 Å². The van der Waals surface area contributed by atoms with Gasteiger partial charge in [0.1, 0.15) is 0 Å². The Morgan fingerprint density at radius 3 is 2.54 bits per heavy atom. The lowest BCUT2D eigenvalue weighted by Gasteiger charge is -2.41. The molecule has 0 unspecified atom stereocenters. The van der Waals surface area contributed by atoms with Gasteiger partial charge in [0.05, 0.1) is 13.2 Å². The first-order valence-electron chi connectivity index (χ1n) is 9.87. The fourth-order valence-corrected chi connectivity index (χ4v) is 4.21. The highest BCUT2D eigenvalue weighted by atomic mass is 16.5. The third-order valence-electron chi connectivity index (χ3n) is 6.10. The number of carbonyl (C=O) groups is 1. The summed E-state index contributed by atoms with van der Waals surface area (Å²) in [7, 11) is 1.62. The van der Waals surface area contributed by atoms with E-state index in [0.717, 1.165) is 57.2 Å². The predicted molar refractivity (Wildman–Crippen MR) is 97.7 cm³/mol. The summed E-state index contributed by atoms with van der Waals surface area (Å²) in [4.78, 5) is 18.6. The van der Waals surface area contributed by atoms with Crippen LogP contribution >= 0.6 is 0 Å². The van der Waals surface area contributed by atoms with Crippen molar-refractivity contribution in [2.24, 2.45) is 11.8 Å². The molecule has 4 rings (SSSR count). The lowest BCUT2D eigenvalue weighted by molar-refractivity contribution is -0.133. The number of methoxy groups -OCH3 is 1. The molecule has 2 N–H and O–H groups in total. The van der Waals surface area contributed by atoms with E-state index in [1.807, 2.05) is 17.2 Å². The van der Waals surface area contributed by atoms with Crippen LogP contribution in [0.5, 0.6) is 5.88 Å². The first kappa shape index (κ1) is 17.7. The molecule has 26 heavy (non-hydrogen) atoms. The Labute approximate surface area is 154 Å². The zero-order chi connectivity index (χ0) is 18.1. The van der Waals surface area contributed by atoms with Crippen LogP contribution in [0, 0.1) is 11.8 Å². The maximum atomic E-state index is 12.2. The molecule has 2 saturated carbocycles. The Morgan fingerprint density at radius 2 is 2.00 bits per heavy atom. The Kier molecular flexibility index (Phi) is 5.14. The smallest absolute Gasteiger partial charge is 0.225 e. The third kappa shape index (κ3) is 3.86. The van der Waals surface area contributed by atoms with E-state index in [1.54, 1.807) is 7.11 Å². The minimum Gasteiger partial charge on any atom is -0.481 e. The van der Waals surface area contributed by atoms with Gasteiger partial charge in [0, 0.05) is 43.4 Å². The van der Waals surface area contributed by atoms with Crippen LogP contribution < -0.4 is 10.1 Å². The van der Waals surface area contributed by atoms with E-state index in [2.05, 4.69) is 16.4 Å². The summed E-state index contributed by atoms with van der Waals surface area (Å²) in [5, 5.41) is 13.6. The average Bonchev–Trinajstić information content (AvgIpc) is 3.49. The second kappa shape index (κ2) is 7.53. The van der Waals surface area contributed by atoms with Gasteiger partial charge in [0.25, 0.3) is 0 Å². The van der Waals surface area contributed by atoms with E-state index in [4.69, 9.17) is 4.74 Å². The van der Waals surface area contributed by atoms with E-state index in [-0.39, 0.29) is 12.1 Å². The molecule has 6 nitrogen and oxygen atoms in total. The number of aromatic nitrogens is 1. The maximum absolute atomic E-state index is 12.2. The second-order valence-electron chi connectivity index (χ2n) is 8.04.